The standard InChI is InChI=1S/C29H32Br2O6/c1-17-5-4-6-21-15-24(37-26(33)20-9-13-23(31)14-10-20)29(35,27(34)28(17,21)3)18(2)16-36-25(32)19-7-11-22(30)12-8-19/h7-14,17,21,24,27,34-35H,2,4-6,15-16H2,1,3H3/t17-,21+,24-,27-,28+,29-/m0/s1. The van der Waals surface area contributed by atoms with Gasteiger partial charge in [0, 0.05) is 14.4 Å². The molecule has 0 radical (unpaired) electrons. The Morgan fingerprint density at radius 2 is 1.54 bits per heavy atom. The van der Waals surface area contributed by atoms with Crippen molar-refractivity contribution < 1.29 is 29.3 Å². The van der Waals surface area contributed by atoms with E-state index in [2.05, 4.69) is 45.4 Å². The van der Waals surface area contributed by atoms with E-state index in [4.69, 9.17) is 9.47 Å². The number of carbonyl (C=O) groups excluding carboxylic acids is 2. The van der Waals surface area contributed by atoms with Gasteiger partial charge in [-0.1, -0.05) is 65.1 Å². The quantitative estimate of drug-likeness (QED) is 0.295. The molecule has 198 valence electrons. The van der Waals surface area contributed by atoms with Gasteiger partial charge in [0.15, 0.2) is 5.60 Å². The first kappa shape index (κ1) is 28.0. The Labute approximate surface area is 234 Å². The summed E-state index contributed by atoms with van der Waals surface area (Å²) in [6, 6.07) is 13.4. The molecule has 6 nitrogen and oxygen atoms in total. The highest BCUT2D eigenvalue weighted by Gasteiger charge is 2.64. The zero-order valence-corrected chi connectivity index (χ0v) is 24.1. The van der Waals surface area contributed by atoms with Gasteiger partial charge in [0.05, 0.1) is 17.2 Å². The van der Waals surface area contributed by atoms with E-state index in [1.807, 2.05) is 6.92 Å². The largest absolute Gasteiger partial charge is 0.457 e. The maximum Gasteiger partial charge on any atom is 0.338 e. The predicted molar refractivity (Wildman–Crippen MR) is 147 cm³/mol. The first-order chi connectivity index (χ1) is 17.5. The summed E-state index contributed by atoms with van der Waals surface area (Å²) < 4.78 is 13.0. The third-order valence-electron chi connectivity index (χ3n) is 8.48. The number of fused-ring (bicyclic) bond motifs is 1. The highest BCUT2D eigenvalue weighted by molar-refractivity contribution is 9.10. The summed E-state index contributed by atoms with van der Waals surface area (Å²) in [6.45, 7) is 7.77. The molecule has 0 aromatic heterocycles. The van der Waals surface area contributed by atoms with Crippen molar-refractivity contribution in [2.75, 3.05) is 6.61 Å². The van der Waals surface area contributed by atoms with Crippen molar-refractivity contribution in [3.63, 3.8) is 0 Å². The summed E-state index contributed by atoms with van der Waals surface area (Å²) >= 11 is 6.69. The average molecular weight is 636 g/mol. The number of esters is 2. The second-order valence-electron chi connectivity index (χ2n) is 10.4. The van der Waals surface area contributed by atoms with Gasteiger partial charge in [-0.25, -0.2) is 9.59 Å². The minimum Gasteiger partial charge on any atom is -0.457 e. The number of carbonyl (C=O) groups is 2. The SMILES string of the molecule is C=C(COC(=O)c1ccc(Br)cc1)[C@]1(O)[C@@H](OC(=O)c2ccc(Br)cc2)C[C@H]2CCC[C@H](C)[C@@]2(C)[C@@H]1O. The molecule has 4 rings (SSSR count). The van der Waals surface area contributed by atoms with Crippen molar-refractivity contribution in [3.8, 4) is 0 Å². The molecular weight excluding hydrogens is 604 g/mol. The van der Waals surface area contributed by atoms with Crippen LogP contribution in [0.2, 0.25) is 0 Å². The average Bonchev–Trinajstić information content (AvgIpc) is 2.88. The molecular formula is C29H32Br2O6. The Morgan fingerprint density at radius 1 is 1.00 bits per heavy atom. The summed E-state index contributed by atoms with van der Waals surface area (Å²) in [5.74, 6) is -1.00. The van der Waals surface area contributed by atoms with Crippen LogP contribution < -0.4 is 0 Å². The van der Waals surface area contributed by atoms with Crippen LogP contribution in [0.4, 0.5) is 0 Å². The second kappa shape index (κ2) is 11.0. The van der Waals surface area contributed by atoms with Gasteiger partial charge in [-0.2, -0.15) is 0 Å². The second-order valence-corrected chi connectivity index (χ2v) is 12.3. The third-order valence-corrected chi connectivity index (χ3v) is 9.54. The number of benzene rings is 2. The number of halogens is 2. The van der Waals surface area contributed by atoms with Crippen LogP contribution in [0.3, 0.4) is 0 Å². The fourth-order valence-electron chi connectivity index (χ4n) is 5.93. The van der Waals surface area contributed by atoms with Crippen molar-refractivity contribution in [2.24, 2.45) is 17.3 Å². The van der Waals surface area contributed by atoms with Crippen LogP contribution in [0, 0.1) is 17.3 Å². The zero-order chi connectivity index (χ0) is 27.0. The van der Waals surface area contributed by atoms with Crippen LogP contribution in [0.15, 0.2) is 69.6 Å². The minimum absolute atomic E-state index is 0.0485. The van der Waals surface area contributed by atoms with E-state index < -0.39 is 35.2 Å². The molecule has 2 aliphatic rings. The van der Waals surface area contributed by atoms with Gasteiger partial charge >= 0.3 is 11.9 Å². The maximum atomic E-state index is 13.1. The van der Waals surface area contributed by atoms with Crippen LogP contribution in [0.25, 0.3) is 0 Å². The Hall–Kier alpha value is -2.00. The fraction of sp³-hybridized carbons (Fsp3) is 0.448. The topological polar surface area (TPSA) is 93.1 Å². The van der Waals surface area contributed by atoms with Crippen molar-refractivity contribution in [2.45, 2.75) is 57.3 Å². The number of ether oxygens (including phenoxy) is 2. The van der Waals surface area contributed by atoms with E-state index in [-0.39, 0.29) is 24.0 Å². The third kappa shape index (κ3) is 5.31. The molecule has 0 amide bonds. The molecule has 0 spiro atoms. The maximum absolute atomic E-state index is 13.1. The normalized spacial score (nSPS) is 31.2. The lowest BCUT2D eigenvalue weighted by Crippen LogP contribution is -2.69. The lowest BCUT2D eigenvalue weighted by molar-refractivity contribution is -0.233. The summed E-state index contributed by atoms with van der Waals surface area (Å²) in [5.41, 5.74) is -1.85. The molecule has 2 saturated carbocycles. The lowest BCUT2D eigenvalue weighted by atomic mass is 9.50. The van der Waals surface area contributed by atoms with Crippen molar-refractivity contribution in [3.05, 3.63) is 80.8 Å². The van der Waals surface area contributed by atoms with Gasteiger partial charge in [-0.3, -0.25) is 0 Å². The Bertz CT molecular complexity index is 1160. The molecule has 0 saturated heterocycles. The monoisotopic (exact) mass is 634 g/mol. The molecule has 37 heavy (non-hydrogen) atoms. The van der Waals surface area contributed by atoms with Gasteiger partial charge in [0.25, 0.3) is 0 Å². The fourth-order valence-corrected chi connectivity index (χ4v) is 6.46. The molecule has 2 aromatic rings. The van der Waals surface area contributed by atoms with E-state index in [9.17, 15) is 19.8 Å². The molecule has 0 bridgehead atoms. The molecule has 0 heterocycles. The van der Waals surface area contributed by atoms with Crippen LogP contribution in [-0.4, -0.2) is 46.6 Å². The molecule has 2 aliphatic carbocycles. The zero-order valence-electron chi connectivity index (χ0n) is 21.0. The summed E-state index contributed by atoms with van der Waals surface area (Å²) in [4.78, 5) is 25.7. The summed E-state index contributed by atoms with van der Waals surface area (Å²) in [7, 11) is 0. The van der Waals surface area contributed by atoms with Gasteiger partial charge < -0.3 is 19.7 Å². The van der Waals surface area contributed by atoms with Crippen LogP contribution >= 0.6 is 31.9 Å². The number of hydrogen-bond donors (Lipinski definition) is 2. The molecule has 0 aliphatic heterocycles. The van der Waals surface area contributed by atoms with E-state index in [0.29, 0.717) is 17.5 Å². The number of aliphatic hydroxyl groups excluding tert-OH is 1. The van der Waals surface area contributed by atoms with E-state index >= 15 is 0 Å². The molecule has 2 aromatic carbocycles. The van der Waals surface area contributed by atoms with E-state index in [1.54, 1.807) is 48.5 Å². The van der Waals surface area contributed by atoms with Gasteiger partial charge in [0.1, 0.15) is 12.7 Å². The molecule has 2 fully saturated rings. The first-order valence-corrected chi connectivity index (χ1v) is 14.0. The highest BCUT2D eigenvalue weighted by atomic mass is 79.9. The lowest BCUT2D eigenvalue weighted by Gasteiger charge is -2.59. The predicted octanol–water partition coefficient (Wildman–Crippen LogP) is 6.09. The molecule has 0 unspecified atom stereocenters. The Morgan fingerprint density at radius 3 is 2.11 bits per heavy atom. The van der Waals surface area contributed by atoms with Crippen LogP contribution in [0.1, 0.15) is 60.2 Å². The number of rotatable bonds is 6. The molecule has 2 N–H and O–H groups in total. The van der Waals surface area contributed by atoms with Crippen molar-refractivity contribution in [1.29, 1.82) is 0 Å². The number of aliphatic hydroxyl groups is 2. The minimum atomic E-state index is -2.00. The summed E-state index contributed by atoms with van der Waals surface area (Å²) in [6.07, 6.45) is 0.846. The Balaban J connectivity index is 1.61. The van der Waals surface area contributed by atoms with Crippen molar-refractivity contribution >= 4 is 43.8 Å². The van der Waals surface area contributed by atoms with Gasteiger partial charge in [0.2, 0.25) is 0 Å². The Kier molecular flexibility index (Phi) is 8.34. The first-order valence-electron chi connectivity index (χ1n) is 12.5. The van der Waals surface area contributed by atoms with E-state index in [0.717, 1.165) is 28.2 Å². The van der Waals surface area contributed by atoms with Crippen molar-refractivity contribution in [1.82, 2.24) is 0 Å². The van der Waals surface area contributed by atoms with Gasteiger partial charge in [-0.15, -0.1) is 0 Å². The van der Waals surface area contributed by atoms with Gasteiger partial charge in [-0.05, 0) is 78.8 Å². The smallest absolute Gasteiger partial charge is 0.338 e. The van der Waals surface area contributed by atoms with Crippen LogP contribution in [0.5, 0.6) is 0 Å². The van der Waals surface area contributed by atoms with E-state index in [1.165, 1.54) is 0 Å². The summed E-state index contributed by atoms with van der Waals surface area (Å²) in [5, 5.41) is 23.9. The van der Waals surface area contributed by atoms with Crippen LogP contribution in [-0.2, 0) is 9.47 Å². The molecule has 6 atom stereocenters. The number of hydrogen-bond acceptors (Lipinski definition) is 6. The highest BCUT2D eigenvalue weighted by Crippen LogP contribution is 2.57. The molecule has 8 heteroatoms.